The van der Waals surface area contributed by atoms with Gasteiger partial charge in [0.1, 0.15) is 24.4 Å². The molecule has 5 nitrogen and oxygen atoms in total. The molecule has 5 heteroatoms. The van der Waals surface area contributed by atoms with E-state index in [1.807, 2.05) is 121 Å². The molecule has 1 aliphatic heterocycles. The summed E-state index contributed by atoms with van der Waals surface area (Å²) in [7, 11) is 0. The second-order valence-electron chi connectivity index (χ2n) is 9.79. The zero-order chi connectivity index (χ0) is 27.4. The number of ether oxygens (including phenoxy) is 5. The standard InChI is InChI=1S/C35H36O5/c1-2-31-32(36-23-27-15-7-3-8-16-27)33(37-24-28-17-9-4-10-18-28)34(38-25-29-19-11-5-12-20-29)35(40-31)39-26-30-21-13-6-14-22-30/h2-22,31-35H,1,23-26H2/t31-,32+,33-,34-,35?/m0/s1. The lowest BCUT2D eigenvalue weighted by Gasteiger charge is -2.45. The van der Waals surface area contributed by atoms with E-state index in [4.69, 9.17) is 23.7 Å². The molecule has 0 radical (unpaired) electrons. The van der Waals surface area contributed by atoms with Crippen LogP contribution in [-0.4, -0.2) is 30.7 Å². The molecule has 1 heterocycles. The SMILES string of the molecule is C=C[C@@H]1OC(OCc2ccccc2)[C@@H](OCc2ccccc2)[C@@H](OCc2ccccc2)[C@@H]1OCc1ccccc1. The fourth-order valence-electron chi connectivity index (χ4n) is 4.77. The molecular weight excluding hydrogens is 500 g/mol. The number of benzene rings is 4. The average molecular weight is 537 g/mol. The predicted octanol–water partition coefficient (Wildman–Crippen LogP) is 6.87. The van der Waals surface area contributed by atoms with Gasteiger partial charge in [0.15, 0.2) is 6.29 Å². The molecular formula is C35H36O5. The molecule has 0 N–H and O–H groups in total. The lowest BCUT2D eigenvalue weighted by atomic mass is 9.97. The van der Waals surface area contributed by atoms with Gasteiger partial charge in [0.2, 0.25) is 0 Å². The molecule has 4 aromatic rings. The molecule has 206 valence electrons. The first-order chi connectivity index (χ1) is 19.8. The maximum absolute atomic E-state index is 6.63. The molecule has 1 saturated heterocycles. The Labute approximate surface area is 236 Å². The summed E-state index contributed by atoms with van der Waals surface area (Å²) in [6.07, 6.45) is -0.875. The van der Waals surface area contributed by atoms with Crippen molar-refractivity contribution in [1.82, 2.24) is 0 Å². The van der Waals surface area contributed by atoms with Crippen LogP contribution < -0.4 is 0 Å². The van der Waals surface area contributed by atoms with Crippen LogP contribution in [0.4, 0.5) is 0 Å². The van der Waals surface area contributed by atoms with Crippen LogP contribution >= 0.6 is 0 Å². The van der Waals surface area contributed by atoms with Crippen LogP contribution in [-0.2, 0) is 50.1 Å². The summed E-state index contributed by atoms with van der Waals surface area (Å²) in [6.45, 7) is 5.63. The van der Waals surface area contributed by atoms with Gasteiger partial charge >= 0.3 is 0 Å². The van der Waals surface area contributed by atoms with Gasteiger partial charge in [0.25, 0.3) is 0 Å². The first-order valence-electron chi connectivity index (χ1n) is 13.7. The van der Waals surface area contributed by atoms with Crippen molar-refractivity contribution in [2.75, 3.05) is 0 Å². The third kappa shape index (κ3) is 7.75. The maximum atomic E-state index is 6.63. The first kappa shape index (κ1) is 28.0. The van der Waals surface area contributed by atoms with Crippen molar-refractivity contribution < 1.29 is 23.7 Å². The smallest absolute Gasteiger partial charge is 0.187 e. The van der Waals surface area contributed by atoms with Crippen LogP contribution in [0, 0.1) is 0 Å². The molecule has 0 spiro atoms. The van der Waals surface area contributed by atoms with Gasteiger partial charge in [-0.1, -0.05) is 127 Å². The average Bonchev–Trinajstić information content (AvgIpc) is 3.03. The summed E-state index contributed by atoms with van der Waals surface area (Å²) < 4.78 is 32.5. The lowest BCUT2D eigenvalue weighted by molar-refractivity contribution is -0.317. The van der Waals surface area contributed by atoms with E-state index in [2.05, 4.69) is 6.58 Å². The van der Waals surface area contributed by atoms with E-state index in [-0.39, 0.29) is 0 Å². The molecule has 0 amide bonds. The van der Waals surface area contributed by atoms with E-state index in [1.54, 1.807) is 6.08 Å². The quantitative estimate of drug-likeness (QED) is 0.175. The minimum Gasteiger partial charge on any atom is -0.368 e. The van der Waals surface area contributed by atoms with Crippen LogP contribution in [0.2, 0.25) is 0 Å². The van der Waals surface area contributed by atoms with Gasteiger partial charge in [-0.2, -0.15) is 0 Å². The third-order valence-electron chi connectivity index (χ3n) is 6.88. The molecule has 5 rings (SSSR count). The topological polar surface area (TPSA) is 46.2 Å². The molecule has 0 aromatic heterocycles. The van der Waals surface area contributed by atoms with Crippen LogP contribution in [0.1, 0.15) is 22.3 Å². The minimum absolute atomic E-state index is 0.376. The highest BCUT2D eigenvalue weighted by Gasteiger charge is 2.48. The van der Waals surface area contributed by atoms with Gasteiger partial charge in [0.05, 0.1) is 26.4 Å². The highest BCUT2D eigenvalue weighted by Crippen LogP contribution is 2.32. The van der Waals surface area contributed by atoms with Gasteiger partial charge in [-0.05, 0) is 22.3 Å². The summed E-state index contributed by atoms with van der Waals surface area (Å²) in [5.74, 6) is 0. The van der Waals surface area contributed by atoms with Crippen molar-refractivity contribution in [1.29, 1.82) is 0 Å². The summed E-state index contributed by atoms with van der Waals surface area (Å²) in [6, 6.07) is 40.3. The molecule has 4 aromatic carbocycles. The Bertz CT molecular complexity index is 1270. The molecule has 0 aliphatic carbocycles. The largest absolute Gasteiger partial charge is 0.368 e. The van der Waals surface area contributed by atoms with Gasteiger partial charge in [-0.15, -0.1) is 6.58 Å². The van der Waals surface area contributed by atoms with E-state index in [9.17, 15) is 0 Å². The van der Waals surface area contributed by atoms with E-state index in [0.717, 1.165) is 22.3 Å². The molecule has 1 unspecified atom stereocenters. The number of rotatable bonds is 13. The predicted molar refractivity (Wildman–Crippen MR) is 155 cm³/mol. The van der Waals surface area contributed by atoms with Crippen molar-refractivity contribution in [3.8, 4) is 0 Å². The Balaban J connectivity index is 1.41. The molecule has 1 fully saturated rings. The Morgan fingerprint density at radius 3 is 1.23 bits per heavy atom. The summed E-state index contributed by atoms with van der Waals surface area (Å²) in [5, 5.41) is 0. The molecule has 0 saturated carbocycles. The number of hydrogen-bond donors (Lipinski definition) is 0. The van der Waals surface area contributed by atoms with Gasteiger partial charge in [0, 0.05) is 0 Å². The summed E-state index contributed by atoms with van der Waals surface area (Å²) >= 11 is 0. The zero-order valence-corrected chi connectivity index (χ0v) is 22.6. The zero-order valence-electron chi connectivity index (χ0n) is 22.6. The highest BCUT2D eigenvalue weighted by molar-refractivity contribution is 5.17. The number of hydrogen-bond acceptors (Lipinski definition) is 5. The second-order valence-corrected chi connectivity index (χ2v) is 9.79. The molecule has 40 heavy (non-hydrogen) atoms. The van der Waals surface area contributed by atoms with E-state index >= 15 is 0 Å². The Hall–Kier alpha value is -3.58. The minimum atomic E-state index is -0.690. The van der Waals surface area contributed by atoms with Crippen molar-refractivity contribution in [2.24, 2.45) is 0 Å². The summed E-state index contributed by atoms with van der Waals surface area (Å²) in [5.41, 5.74) is 4.23. The van der Waals surface area contributed by atoms with E-state index in [0.29, 0.717) is 26.4 Å². The Kier molecular flexibility index (Phi) is 10.3. The fourth-order valence-corrected chi connectivity index (χ4v) is 4.77. The van der Waals surface area contributed by atoms with Crippen molar-refractivity contribution >= 4 is 0 Å². The molecule has 5 atom stereocenters. The van der Waals surface area contributed by atoms with Crippen LogP contribution in [0.3, 0.4) is 0 Å². The third-order valence-corrected chi connectivity index (χ3v) is 6.88. The van der Waals surface area contributed by atoms with Gasteiger partial charge in [-0.25, -0.2) is 0 Å². The van der Waals surface area contributed by atoms with Crippen molar-refractivity contribution in [3.05, 3.63) is 156 Å². The first-order valence-corrected chi connectivity index (χ1v) is 13.7. The normalized spacial score (nSPS) is 22.6. The molecule has 0 bridgehead atoms. The highest BCUT2D eigenvalue weighted by atomic mass is 16.7. The van der Waals surface area contributed by atoms with E-state index < -0.39 is 30.7 Å². The van der Waals surface area contributed by atoms with Crippen molar-refractivity contribution in [2.45, 2.75) is 57.1 Å². The second kappa shape index (κ2) is 14.7. The fraction of sp³-hybridized carbons (Fsp3) is 0.257. The maximum Gasteiger partial charge on any atom is 0.187 e. The van der Waals surface area contributed by atoms with Gasteiger partial charge < -0.3 is 23.7 Å². The van der Waals surface area contributed by atoms with Crippen LogP contribution in [0.15, 0.2) is 134 Å². The monoisotopic (exact) mass is 536 g/mol. The lowest BCUT2D eigenvalue weighted by Crippen LogP contribution is -2.60. The Morgan fingerprint density at radius 2 is 0.825 bits per heavy atom. The Morgan fingerprint density at radius 1 is 0.475 bits per heavy atom. The summed E-state index contributed by atoms with van der Waals surface area (Å²) in [4.78, 5) is 0. The van der Waals surface area contributed by atoms with Crippen LogP contribution in [0.25, 0.3) is 0 Å². The van der Waals surface area contributed by atoms with Gasteiger partial charge in [-0.3, -0.25) is 0 Å². The molecule has 1 aliphatic rings. The van der Waals surface area contributed by atoms with E-state index in [1.165, 1.54) is 0 Å². The van der Waals surface area contributed by atoms with Crippen molar-refractivity contribution in [3.63, 3.8) is 0 Å². The van der Waals surface area contributed by atoms with Crippen LogP contribution in [0.5, 0.6) is 0 Å².